The maximum Gasteiger partial charge on any atom is 0.166 e. The highest BCUT2D eigenvalue weighted by atomic mass is 16.1. The molecule has 2 unspecified atom stereocenters. The molecule has 0 aromatic heterocycles. The van der Waals surface area contributed by atoms with Gasteiger partial charge in [0.25, 0.3) is 0 Å². The van der Waals surface area contributed by atoms with Crippen LogP contribution in [0.15, 0.2) is 77.5 Å². The Morgan fingerprint density at radius 1 is 1.08 bits per heavy atom. The molecule has 1 heteroatoms. The second-order valence-corrected chi connectivity index (χ2v) is 7.53. The summed E-state index contributed by atoms with van der Waals surface area (Å²) >= 11 is 0. The van der Waals surface area contributed by atoms with Crippen LogP contribution < -0.4 is 0 Å². The van der Waals surface area contributed by atoms with Gasteiger partial charge in [0.15, 0.2) is 5.78 Å². The number of carbonyl (C=O) groups excluding carboxylic acids is 1. The van der Waals surface area contributed by atoms with Gasteiger partial charge < -0.3 is 0 Å². The average molecular weight is 342 g/mol. The van der Waals surface area contributed by atoms with E-state index in [1.165, 1.54) is 27.8 Å². The van der Waals surface area contributed by atoms with E-state index in [2.05, 4.69) is 62.4 Å². The summed E-state index contributed by atoms with van der Waals surface area (Å²) in [7, 11) is 0. The first-order valence-electron chi connectivity index (χ1n) is 9.74. The number of aryl methyl sites for hydroxylation is 1. The van der Waals surface area contributed by atoms with E-state index in [1.54, 1.807) is 0 Å². The third-order valence-electron chi connectivity index (χ3n) is 6.10. The summed E-state index contributed by atoms with van der Waals surface area (Å²) in [6.07, 6.45) is 18.7. The maximum atomic E-state index is 13.3. The van der Waals surface area contributed by atoms with E-state index >= 15 is 0 Å². The summed E-state index contributed by atoms with van der Waals surface area (Å²) in [5.74, 6) is 0.526. The van der Waals surface area contributed by atoms with Crippen molar-refractivity contribution in [3.63, 3.8) is 0 Å². The topological polar surface area (TPSA) is 17.1 Å². The van der Waals surface area contributed by atoms with Gasteiger partial charge in [-0.05, 0) is 66.0 Å². The fraction of sp³-hybridized carbons (Fsp3) is 0.320. The van der Waals surface area contributed by atoms with Gasteiger partial charge in [-0.1, -0.05) is 67.7 Å². The summed E-state index contributed by atoms with van der Waals surface area (Å²) in [5, 5.41) is 0. The van der Waals surface area contributed by atoms with Gasteiger partial charge in [-0.2, -0.15) is 0 Å². The summed E-state index contributed by atoms with van der Waals surface area (Å²) in [6.45, 7) is 4.43. The minimum Gasteiger partial charge on any atom is -0.294 e. The van der Waals surface area contributed by atoms with E-state index in [-0.39, 0.29) is 11.8 Å². The van der Waals surface area contributed by atoms with Crippen LogP contribution in [0.5, 0.6) is 0 Å². The lowest BCUT2D eigenvalue weighted by molar-refractivity contribution is -0.118. The van der Waals surface area contributed by atoms with Crippen molar-refractivity contribution in [2.45, 2.75) is 45.4 Å². The van der Waals surface area contributed by atoms with E-state index in [1.807, 2.05) is 12.2 Å². The van der Waals surface area contributed by atoms with Gasteiger partial charge in [0.2, 0.25) is 0 Å². The second-order valence-electron chi connectivity index (χ2n) is 7.53. The fourth-order valence-corrected chi connectivity index (χ4v) is 4.58. The van der Waals surface area contributed by atoms with Gasteiger partial charge in [0.05, 0.1) is 0 Å². The molecule has 26 heavy (non-hydrogen) atoms. The zero-order chi connectivity index (χ0) is 18.1. The smallest absolute Gasteiger partial charge is 0.166 e. The SMILES string of the molecule is CCc1cccc(C2CC(C3=CC=CC3)=CC2C(=O)C2=CC=CC2)c1C. The Morgan fingerprint density at radius 3 is 2.58 bits per heavy atom. The highest BCUT2D eigenvalue weighted by Crippen LogP contribution is 2.45. The van der Waals surface area contributed by atoms with Gasteiger partial charge in [-0.3, -0.25) is 4.79 Å². The summed E-state index contributed by atoms with van der Waals surface area (Å²) in [4.78, 5) is 13.3. The number of rotatable bonds is 5. The lowest BCUT2D eigenvalue weighted by atomic mass is 9.80. The molecule has 132 valence electrons. The van der Waals surface area contributed by atoms with Crippen molar-refractivity contribution in [3.8, 4) is 0 Å². The molecule has 0 bridgehead atoms. The van der Waals surface area contributed by atoms with Crippen molar-refractivity contribution in [1.29, 1.82) is 0 Å². The highest BCUT2D eigenvalue weighted by Gasteiger charge is 2.36. The first-order valence-corrected chi connectivity index (χ1v) is 9.74. The standard InChI is InChI=1S/C25H26O/c1-3-18-13-8-14-22(17(18)2)23-15-21(19-9-4-5-10-19)16-24(23)25(26)20-11-6-7-12-20/h4-9,11,13-14,16,23-24H,3,10,12,15H2,1-2H3. The zero-order valence-corrected chi connectivity index (χ0v) is 15.7. The molecule has 0 saturated carbocycles. The molecule has 3 aliphatic rings. The number of hydrogen-bond acceptors (Lipinski definition) is 1. The molecule has 0 spiro atoms. The second kappa shape index (κ2) is 7.07. The Labute approximate surface area is 156 Å². The maximum absolute atomic E-state index is 13.3. The highest BCUT2D eigenvalue weighted by molar-refractivity contribution is 6.00. The number of benzene rings is 1. The van der Waals surface area contributed by atoms with E-state index in [9.17, 15) is 4.79 Å². The molecule has 4 rings (SSSR count). The molecule has 1 aromatic rings. The molecular formula is C25H26O. The molecule has 3 aliphatic carbocycles. The Bertz CT molecular complexity index is 889. The van der Waals surface area contributed by atoms with Crippen LogP contribution in [0.4, 0.5) is 0 Å². The number of allylic oxidation sites excluding steroid dienone is 10. The van der Waals surface area contributed by atoms with Crippen LogP contribution >= 0.6 is 0 Å². The zero-order valence-electron chi connectivity index (χ0n) is 15.7. The van der Waals surface area contributed by atoms with Gasteiger partial charge in [0.1, 0.15) is 0 Å². The van der Waals surface area contributed by atoms with Crippen LogP contribution in [0.1, 0.15) is 48.8 Å². The number of Topliss-reactive ketones (excluding diaryl/α,β-unsaturated/α-hetero) is 1. The van der Waals surface area contributed by atoms with Crippen LogP contribution in [-0.2, 0) is 11.2 Å². The van der Waals surface area contributed by atoms with Crippen molar-refractivity contribution < 1.29 is 4.79 Å². The van der Waals surface area contributed by atoms with Crippen molar-refractivity contribution in [3.05, 3.63) is 94.1 Å². The minimum atomic E-state index is -0.0385. The first-order chi connectivity index (χ1) is 12.7. The molecule has 0 heterocycles. The molecule has 0 aliphatic heterocycles. The van der Waals surface area contributed by atoms with Crippen LogP contribution in [0, 0.1) is 12.8 Å². The van der Waals surface area contributed by atoms with E-state index < -0.39 is 0 Å². The third kappa shape index (κ3) is 2.96. The van der Waals surface area contributed by atoms with Crippen molar-refractivity contribution in [1.82, 2.24) is 0 Å². The molecule has 0 saturated heterocycles. The molecular weight excluding hydrogens is 316 g/mol. The van der Waals surface area contributed by atoms with Crippen LogP contribution in [0.2, 0.25) is 0 Å². The Kier molecular flexibility index (Phi) is 4.63. The third-order valence-corrected chi connectivity index (χ3v) is 6.10. The van der Waals surface area contributed by atoms with E-state index in [4.69, 9.17) is 0 Å². The fourth-order valence-electron chi connectivity index (χ4n) is 4.58. The van der Waals surface area contributed by atoms with Crippen molar-refractivity contribution in [2.75, 3.05) is 0 Å². The van der Waals surface area contributed by atoms with Gasteiger partial charge in [-0.15, -0.1) is 0 Å². The van der Waals surface area contributed by atoms with Gasteiger partial charge in [0, 0.05) is 11.8 Å². The quantitative estimate of drug-likeness (QED) is 0.648. The Hall–Kier alpha value is -2.41. The number of carbonyl (C=O) groups is 1. The van der Waals surface area contributed by atoms with E-state index in [0.29, 0.717) is 5.78 Å². The lowest BCUT2D eigenvalue weighted by Gasteiger charge is -2.23. The normalized spacial score (nSPS) is 24.0. The summed E-state index contributed by atoms with van der Waals surface area (Å²) in [5.41, 5.74) is 7.82. The van der Waals surface area contributed by atoms with Crippen LogP contribution in [-0.4, -0.2) is 5.78 Å². The molecule has 0 N–H and O–H groups in total. The number of ketones is 1. The van der Waals surface area contributed by atoms with Crippen LogP contribution in [0.25, 0.3) is 0 Å². The van der Waals surface area contributed by atoms with Gasteiger partial charge in [-0.25, -0.2) is 0 Å². The van der Waals surface area contributed by atoms with E-state index in [0.717, 1.165) is 31.3 Å². The Balaban J connectivity index is 1.71. The summed E-state index contributed by atoms with van der Waals surface area (Å²) < 4.78 is 0. The minimum absolute atomic E-state index is 0.0385. The predicted octanol–water partition coefficient (Wildman–Crippen LogP) is 5.93. The predicted molar refractivity (Wildman–Crippen MR) is 108 cm³/mol. The average Bonchev–Trinajstić information content (AvgIpc) is 3.42. The van der Waals surface area contributed by atoms with Crippen LogP contribution in [0.3, 0.4) is 0 Å². The lowest BCUT2D eigenvalue weighted by Crippen LogP contribution is -2.20. The largest absolute Gasteiger partial charge is 0.294 e. The number of hydrogen-bond donors (Lipinski definition) is 0. The molecule has 2 atom stereocenters. The Morgan fingerprint density at radius 2 is 1.88 bits per heavy atom. The van der Waals surface area contributed by atoms with Crippen molar-refractivity contribution >= 4 is 5.78 Å². The molecule has 0 radical (unpaired) electrons. The molecule has 1 nitrogen and oxygen atoms in total. The molecule has 1 aromatic carbocycles. The van der Waals surface area contributed by atoms with Gasteiger partial charge >= 0.3 is 0 Å². The van der Waals surface area contributed by atoms with Crippen molar-refractivity contribution in [2.24, 2.45) is 5.92 Å². The summed E-state index contributed by atoms with van der Waals surface area (Å²) in [6, 6.07) is 6.61. The molecule has 0 fully saturated rings. The molecule has 0 amide bonds. The monoisotopic (exact) mass is 342 g/mol. The first kappa shape index (κ1) is 17.0.